The summed E-state index contributed by atoms with van der Waals surface area (Å²) in [5.41, 5.74) is 0. The molecule has 24 heavy (non-hydrogen) atoms. The summed E-state index contributed by atoms with van der Waals surface area (Å²) in [6, 6.07) is 3.65. The maximum atomic E-state index is 12.1. The zero-order chi connectivity index (χ0) is 16.8. The summed E-state index contributed by atoms with van der Waals surface area (Å²) in [6.07, 6.45) is 9.51. The highest BCUT2D eigenvalue weighted by molar-refractivity contribution is 7.15. The van der Waals surface area contributed by atoms with Crippen molar-refractivity contribution in [2.75, 3.05) is 5.32 Å². The van der Waals surface area contributed by atoms with E-state index in [0.717, 1.165) is 23.6 Å². The lowest BCUT2D eigenvalue weighted by molar-refractivity contribution is 0.248. The predicted octanol–water partition coefficient (Wildman–Crippen LogP) is 4.32. The summed E-state index contributed by atoms with van der Waals surface area (Å²) in [5.74, 6) is 1.45. The van der Waals surface area contributed by atoms with E-state index in [9.17, 15) is 4.79 Å². The average Bonchev–Trinajstić information content (AvgIpc) is 3.25. The highest BCUT2D eigenvalue weighted by Gasteiger charge is 2.20. The first-order valence-corrected chi connectivity index (χ1v) is 9.45. The van der Waals surface area contributed by atoms with Crippen LogP contribution in [0.25, 0.3) is 0 Å². The molecule has 0 saturated heterocycles. The minimum absolute atomic E-state index is 0.0563. The minimum atomic E-state index is -0.228. The molecule has 0 aliphatic heterocycles. The fraction of sp³-hybridized carbons (Fsp3) is 0.588. The molecule has 3 rings (SSSR count). The number of carbonyl (C=O) groups excluding carboxylic acids is 1. The highest BCUT2D eigenvalue weighted by atomic mass is 32.1. The van der Waals surface area contributed by atoms with Crippen molar-refractivity contribution < 1.29 is 9.21 Å². The van der Waals surface area contributed by atoms with Crippen LogP contribution < -0.4 is 10.6 Å². The number of amides is 2. The molecule has 2 aromatic heterocycles. The Balaban J connectivity index is 1.43. The molecule has 0 spiro atoms. The van der Waals surface area contributed by atoms with E-state index in [1.54, 1.807) is 6.26 Å². The first kappa shape index (κ1) is 17.0. The van der Waals surface area contributed by atoms with Crippen LogP contribution in [0, 0.1) is 0 Å². The first-order valence-electron chi connectivity index (χ1n) is 8.64. The lowest BCUT2D eigenvalue weighted by Gasteiger charge is -2.18. The van der Waals surface area contributed by atoms with Gasteiger partial charge in [-0.25, -0.2) is 4.79 Å². The molecule has 1 aliphatic carbocycles. The Hall–Kier alpha value is -1.89. The number of carbonyl (C=O) groups is 1. The number of urea groups is 1. The second-order valence-corrected chi connectivity index (χ2v) is 7.41. The van der Waals surface area contributed by atoms with Crippen LogP contribution in [0.1, 0.15) is 62.1 Å². The number of nitrogens with zero attached hydrogens (tertiary/aromatic N) is 2. The number of aromatic nitrogens is 2. The van der Waals surface area contributed by atoms with Crippen molar-refractivity contribution in [3.05, 3.63) is 29.2 Å². The molecule has 1 aliphatic rings. The van der Waals surface area contributed by atoms with Crippen LogP contribution in [0.3, 0.4) is 0 Å². The van der Waals surface area contributed by atoms with Crippen molar-refractivity contribution in [1.29, 1.82) is 0 Å². The van der Waals surface area contributed by atoms with Crippen LogP contribution in [0.2, 0.25) is 0 Å². The Labute approximate surface area is 146 Å². The normalized spacial score (nSPS) is 16.7. The second kappa shape index (κ2) is 8.28. The van der Waals surface area contributed by atoms with Crippen LogP contribution in [0.15, 0.2) is 22.8 Å². The fourth-order valence-electron chi connectivity index (χ4n) is 3.04. The van der Waals surface area contributed by atoms with Crippen molar-refractivity contribution in [1.82, 2.24) is 15.5 Å². The number of hydrogen-bond acceptors (Lipinski definition) is 5. The quantitative estimate of drug-likeness (QED) is 0.814. The largest absolute Gasteiger partial charge is 0.469 e. The number of rotatable bonds is 6. The van der Waals surface area contributed by atoms with Crippen LogP contribution in [-0.2, 0) is 6.42 Å². The van der Waals surface area contributed by atoms with E-state index in [4.69, 9.17) is 4.42 Å². The van der Waals surface area contributed by atoms with Gasteiger partial charge in [0.15, 0.2) is 0 Å². The molecule has 2 aromatic rings. The van der Waals surface area contributed by atoms with Gasteiger partial charge in [0.25, 0.3) is 0 Å². The first-order chi connectivity index (χ1) is 11.7. The molecule has 1 atom stereocenters. The lowest BCUT2D eigenvalue weighted by atomic mass is 9.90. The molecule has 2 N–H and O–H groups in total. The lowest BCUT2D eigenvalue weighted by Crippen LogP contribution is -2.36. The van der Waals surface area contributed by atoms with Gasteiger partial charge in [0.2, 0.25) is 5.13 Å². The molecule has 0 radical (unpaired) electrons. The van der Waals surface area contributed by atoms with Crippen LogP contribution >= 0.6 is 11.3 Å². The van der Waals surface area contributed by atoms with Gasteiger partial charge in [-0.15, -0.1) is 10.2 Å². The Bertz CT molecular complexity index is 635. The summed E-state index contributed by atoms with van der Waals surface area (Å²) in [7, 11) is 0. The molecule has 0 bridgehead atoms. The number of nitrogens with one attached hydrogen (secondary N) is 2. The molecule has 2 amide bonds. The standard InChI is InChI=1S/C17H24N4O2S/c1-12(9-10-14-8-5-11-23-14)18-16(22)19-17-21-20-15(24-17)13-6-3-2-4-7-13/h5,8,11-13H,2-4,6-7,9-10H2,1H3,(H2,18,19,21,22). The zero-order valence-corrected chi connectivity index (χ0v) is 14.8. The smallest absolute Gasteiger partial charge is 0.321 e. The van der Waals surface area contributed by atoms with Gasteiger partial charge in [0.1, 0.15) is 10.8 Å². The summed E-state index contributed by atoms with van der Waals surface area (Å²) < 4.78 is 5.30. The van der Waals surface area contributed by atoms with Gasteiger partial charge in [-0.2, -0.15) is 0 Å². The number of aryl methyl sites for hydroxylation is 1. The van der Waals surface area contributed by atoms with Gasteiger partial charge in [0, 0.05) is 18.4 Å². The predicted molar refractivity (Wildman–Crippen MR) is 94.4 cm³/mol. The maximum absolute atomic E-state index is 12.1. The fourth-order valence-corrected chi connectivity index (χ4v) is 3.95. The zero-order valence-electron chi connectivity index (χ0n) is 14.0. The third-order valence-electron chi connectivity index (χ3n) is 4.40. The van der Waals surface area contributed by atoms with E-state index in [2.05, 4.69) is 20.8 Å². The number of hydrogen-bond donors (Lipinski definition) is 2. The van der Waals surface area contributed by atoms with Gasteiger partial charge in [-0.3, -0.25) is 5.32 Å². The molecular weight excluding hydrogens is 324 g/mol. The third kappa shape index (κ3) is 4.80. The topological polar surface area (TPSA) is 80.0 Å². The van der Waals surface area contributed by atoms with Gasteiger partial charge in [0.05, 0.1) is 6.26 Å². The van der Waals surface area contributed by atoms with Crippen molar-refractivity contribution in [2.45, 2.75) is 63.8 Å². The van der Waals surface area contributed by atoms with Crippen LogP contribution in [0.4, 0.5) is 9.93 Å². The van der Waals surface area contributed by atoms with Crippen molar-refractivity contribution in [3.8, 4) is 0 Å². The summed E-state index contributed by atoms with van der Waals surface area (Å²) in [6.45, 7) is 1.98. The molecule has 1 unspecified atom stereocenters. The Kier molecular flexibility index (Phi) is 5.85. The maximum Gasteiger partial charge on any atom is 0.321 e. The molecule has 6 nitrogen and oxygen atoms in total. The SMILES string of the molecule is CC(CCc1ccco1)NC(=O)Nc1nnc(C2CCCCC2)s1. The third-order valence-corrected chi connectivity index (χ3v) is 5.40. The van der Waals surface area contributed by atoms with E-state index >= 15 is 0 Å². The number of furan rings is 1. The molecule has 130 valence electrons. The van der Waals surface area contributed by atoms with Gasteiger partial charge in [-0.05, 0) is 38.3 Å². The van der Waals surface area contributed by atoms with E-state index in [0.29, 0.717) is 11.0 Å². The highest BCUT2D eigenvalue weighted by Crippen LogP contribution is 2.35. The van der Waals surface area contributed by atoms with Gasteiger partial charge >= 0.3 is 6.03 Å². The minimum Gasteiger partial charge on any atom is -0.469 e. The summed E-state index contributed by atoms with van der Waals surface area (Å²) in [5, 5.41) is 15.7. The summed E-state index contributed by atoms with van der Waals surface area (Å²) in [4.78, 5) is 12.1. The van der Waals surface area contributed by atoms with Gasteiger partial charge in [-0.1, -0.05) is 30.6 Å². The molecule has 2 heterocycles. The Morgan fingerprint density at radius 1 is 1.38 bits per heavy atom. The molecule has 7 heteroatoms. The van der Waals surface area contributed by atoms with Crippen molar-refractivity contribution in [3.63, 3.8) is 0 Å². The van der Waals surface area contributed by atoms with Crippen LogP contribution in [0.5, 0.6) is 0 Å². The molecule has 0 aromatic carbocycles. The second-order valence-electron chi connectivity index (χ2n) is 6.40. The molecule has 1 fully saturated rings. The summed E-state index contributed by atoms with van der Waals surface area (Å²) >= 11 is 1.50. The Morgan fingerprint density at radius 2 is 2.21 bits per heavy atom. The number of anilines is 1. The van der Waals surface area contributed by atoms with E-state index in [1.165, 1.54) is 43.4 Å². The molecular formula is C17H24N4O2S. The van der Waals surface area contributed by atoms with Crippen molar-refractivity contribution in [2.24, 2.45) is 0 Å². The Morgan fingerprint density at radius 3 is 2.96 bits per heavy atom. The van der Waals surface area contributed by atoms with E-state index < -0.39 is 0 Å². The average molecular weight is 348 g/mol. The van der Waals surface area contributed by atoms with Crippen molar-refractivity contribution >= 4 is 22.5 Å². The van der Waals surface area contributed by atoms with Crippen LogP contribution in [-0.4, -0.2) is 22.3 Å². The molecule has 1 saturated carbocycles. The monoisotopic (exact) mass is 348 g/mol. The van der Waals surface area contributed by atoms with Gasteiger partial charge < -0.3 is 9.73 Å². The van der Waals surface area contributed by atoms with E-state index in [-0.39, 0.29) is 12.1 Å². The van der Waals surface area contributed by atoms with E-state index in [1.807, 2.05) is 19.1 Å².